The molecule has 0 bridgehead atoms. The summed E-state index contributed by atoms with van der Waals surface area (Å²) in [5, 5.41) is 5.61. The zero-order valence-electron chi connectivity index (χ0n) is 13.3. The zero-order valence-corrected chi connectivity index (χ0v) is 13.3. The van der Waals surface area contributed by atoms with E-state index in [0.717, 1.165) is 17.7 Å². The topological polar surface area (TPSA) is 54.0 Å². The molecule has 0 spiro atoms. The number of rotatable bonds is 5. The molecule has 1 unspecified atom stereocenters. The van der Waals surface area contributed by atoms with Gasteiger partial charge in [0.05, 0.1) is 11.1 Å². The molecule has 2 aromatic rings. The lowest BCUT2D eigenvalue weighted by atomic mass is 9.99. The fourth-order valence-corrected chi connectivity index (χ4v) is 2.23. The molecule has 1 aromatic heterocycles. The number of halogens is 3. The van der Waals surface area contributed by atoms with E-state index in [2.05, 4.69) is 15.6 Å². The smallest absolute Gasteiger partial charge is 0.369 e. The van der Waals surface area contributed by atoms with E-state index in [9.17, 15) is 18.0 Å². The molecule has 1 amide bonds. The highest BCUT2D eigenvalue weighted by Gasteiger charge is 2.30. The van der Waals surface area contributed by atoms with E-state index in [-0.39, 0.29) is 11.8 Å². The minimum Gasteiger partial charge on any atom is -0.369 e. The second-order valence-electron chi connectivity index (χ2n) is 5.38. The standard InChI is InChI=1S/C17H18F3N3O/c1-11(12-5-7-13(8-6-12)17(18,19)20)10-23-15-14(16(24)21-2)4-3-9-22-15/h3-9,11H,10H2,1-2H3,(H,21,24)(H,22,23). The molecule has 0 radical (unpaired) electrons. The van der Waals surface area contributed by atoms with E-state index in [1.54, 1.807) is 18.3 Å². The molecule has 2 rings (SSSR count). The van der Waals surface area contributed by atoms with Gasteiger partial charge in [-0.25, -0.2) is 4.98 Å². The number of alkyl halides is 3. The maximum absolute atomic E-state index is 12.6. The molecule has 0 aliphatic carbocycles. The van der Waals surface area contributed by atoms with Crippen molar-refractivity contribution in [3.8, 4) is 0 Å². The third kappa shape index (κ3) is 4.24. The summed E-state index contributed by atoms with van der Waals surface area (Å²) in [5.41, 5.74) is 0.519. The SMILES string of the molecule is CNC(=O)c1cccnc1NCC(C)c1ccc(C(F)(F)F)cc1. The lowest BCUT2D eigenvalue weighted by molar-refractivity contribution is -0.137. The summed E-state index contributed by atoms with van der Waals surface area (Å²) < 4.78 is 37.8. The lowest BCUT2D eigenvalue weighted by Crippen LogP contribution is -2.21. The Morgan fingerprint density at radius 2 is 1.88 bits per heavy atom. The Kier molecular flexibility index (Phi) is 5.43. The van der Waals surface area contributed by atoms with E-state index >= 15 is 0 Å². The van der Waals surface area contributed by atoms with Crippen molar-refractivity contribution in [2.75, 3.05) is 18.9 Å². The van der Waals surface area contributed by atoms with Gasteiger partial charge in [0.2, 0.25) is 0 Å². The highest BCUT2D eigenvalue weighted by Crippen LogP contribution is 2.30. The van der Waals surface area contributed by atoms with Crippen molar-refractivity contribution in [2.24, 2.45) is 0 Å². The predicted octanol–water partition coefficient (Wildman–Crippen LogP) is 3.68. The predicted molar refractivity (Wildman–Crippen MR) is 86.0 cm³/mol. The van der Waals surface area contributed by atoms with Crippen molar-refractivity contribution in [3.05, 3.63) is 59.3 Å². The molecule has 7 heteroatoms. The van der Waals surface area contributed by atoms with Gasteiger partial charge in [0.15, 0.2) is 0 Å². The highest BCUT2D eigenvalue weighted by atomic mass is 19.4. The fraction of sp³-hybridized carbons (Fsp3) is 0.294. The number of pyridine rings is 1. The first-order chi connectivity index (χ1) is 11.3. The first-order valence-corrected chi connectivity index (χ1v) is 7.41. The number of anilines is 1. The molecule has 0 saturated heterocycles. The van der Waals surface area contributed by atoms with Crippen molar-refractivity contribution in [1.82, 2.24) is 10.3 Å². The van der Waals surface area contributed by atoms with E-state index in [1.807, 2.05) is 6.92 Å². The molecule has 4 nitrogen and oxygen atoms in total. The molecule has 0 fully saturated rings. The molecule has 2 N–H and O–H groups in total. The number of aromatic nitrogens is 1. The molecule has 1 atom stereocenters. The molecule has 0 saturated carbocycles. The summed E-state index contributed by atoms with van der Waals surface area (Å²) in [6.07, 6.45) is -2.77. The number of benzene rings is 1. The van der Waals surface area contributed by atoms with Gasteiger partial charge in [0.25, 0.3) is 5.91 Å². The van der Waals surface area contributed by atoms with Crippen LogP contribution in [0.15, 0.2) is 42.6 Å². The molecule has 128 valence electrons. The van der Waals surface area contributed by atoms with Crippen LogP contribution in [0.25, 0.3) is 0 Å². The average Bonchev–Trinajstić information content (AvgIpc) is 2.58. The molecule has 1 heterocycles. The van der Waals surface area contributed by atoms with Gasteiger partial charge in [0, 0.05) is 19.8 Å². The third-order valence-corrected chi connectivity index (χ3v) is 3.66. The highest BCUT2D eigenvalue weighted by molar-refractivity contribution is 5.98. The van der Waals surface area contributed by atoms with Crippen LogP contribution in [-0.2, 0) is 6.18 Å². The summed E-state index contributed by atoms with van der Waals surface area (Å²) in [4.78, 5) is 15.9. The molecule has 1 aromatic carbocycles. The Bertz CT molecular complexity index is 699. The number of nitrogens with zero attached hydrogens (tertiary/aromatic N) is 1. The third-order valence-electron chi connectivity index (χ3n) is 3.66. The number of hydrogen-bond donors (Lipinski definition) is 2. The van der Waals surface area contributed by atoms with Crippen molar-refractivity contribution in [2.45, 2.75) is 19.0 Å². The van der Waals surface area contributed by atoms with E-state index in [0.29, 0.717) is 17.9 Å². The van der Waals surface area contributed by atoms with Crippen LogP contribution < -0.4 is 10.6 Å². The summed E-state index contributed by atoms with van der Waals surface area (Å²) in [5.74, 6) is 0.134. The summed E-state index contributed by atoms with van der Waals surface area (Å²) in [6.45, 7) is 2.32. The lowest BCUT2D eigenvalue weighted by Gasteiger charge is -2.16. The Morgan fingerprint density at radius 1 is 1.21 bits per heavy atom. The number of amides is 1. The van der Waals surface area contributed by atoms with E-state index < -0.39 is 11.7 Å². The Hall–Kier alpha value is -2.57. The van der Waals surface area contributed by atoms with Gasteiger partial charge in [-0.2, -0.15) is 13.2 Å². The van der Waals surface area contributed by atoms with E-state index in [4.69, 9.17) is 0 Å². The number of carbonyl (C=O) groups excluding carboxylic acids is 1. The first-order valence-electron chi connectivity index (χ1n) is 7.41. The van der Waals surface area contributed by atoms with Crippen LogP contribution in [0.5, 0.6) is 0 Å². The zero-order chi connectivity index (χ0) is 17.7. The fourth-order valence-electron chi connectivity index (χ4n) is 2.23. The van der Waals surface area contributed by atoms with Gasteiger partial charge in [-0.3, -0.25) is 4.79 Å². The van der Waals surface area contributed by atoms with Crippen molar-refractivity contribution in [1.29, 1.82) is 0 Å². The van der Waals surface area contributed by atoms with Gasteiger partial charge in [-0.05, 0) is 35.7 Å². The second-order valence-corrected chi connectivity index (χ2v) is 5.38. The molecule has 0 aliphatic rings. The Balaban J connectivity index is 2.06. The minimum absolute atomic E-state index is 0.0492. The summed E-state index contributed by atoms with van der Waals surface area (Å²) in [7, 11) is 1.53. The molecular weight excluding hydrogens is 319 g/mol. The van der Waals surface area contributed by atoms with Gasteiger partial charge in [-0.1, -0.05) is 19.1 Å². The maximum atomic E-state index is 12.6. The largest absolute Gasteiger partial charge is 0.416 e. The van der Waals surface area contributed by atoms with Crippen LogP contribution in [0, 0.1) is 0 Å². The van der Waals surface area contributed by atoms with Crippen LogP contribution in [0.3, 0.4) is 0 Å². The van der Waals surface area contributed by atoms with Crippen LogP contribution >= 0.6 is 0 Å². The first kappa shape index (κ1) is 17.8. The minimum atomic E-state index is -4.34. The number of hydrogen-bond acceptors (Lipinski definition) is 3. The quantitative estimate of drug-likeness (QED) is 0.875. The molecular formula is C17H18F3N3O. The maximum Gasteiger partial charge on any atom is 0.416 e. The molecule has 24 heavy (non-hydrogen) atoms. The number of nitrogens with one attached hydrogen (secondary N) is 2. The summed E-state index contributed by atoms with van der Waals surface area (Å²) in [6, 6.07) is 8.39. The van der Waals surface area contributed by atoms with Crippen molar-refractivity contribution >= 4 is 11.7 Å². The van der Waals surface area contributed by atoms with Gasteiger partial charge in [0.1, 0.15) is 5.82 Å². The van der Waals surface area contributed by atoms with E-state index in [1.165, 1.54) is 19.2 Å². The second kappa shape index (κ2) is 7.33. The Morgan fingerprint density at radius 3 is 2.46 bits per heavy atom. The van der Waals surface area contributed by atoms with Gasteiger partial charge >= 0.3 is 6.18 Å². The number of carbonyl (C=O) groups is 1. The van der Waals surface area contributed by atoms with Crippen LogP contribution in [0.1, 0.15) is 34.3 Å². The van der Waals surface area contributed by atoms with Crippen LogP contribution in [-0.4, -0.2) is 24.5 Å². The van der Waals surface area contributed by atoms with Crippen molar-refractivity contribution < 1.29 is 18.0 Å². The van der Waals surface area contributed by atoms with Crippen molar-refractivity contribution in [3.63, 3.8) is 0 Å². The monoisotopic (exact) mass is 337 g/mol. The van der Waals surface area contributed by atoms with Gasteiger partial charge in [-0.15, -0.1) is 0 Å². The Labute approximate surface area is 138 Å². The molecule has 0 aliphatic heterocycles. The summed E-state index contributed by atoms with van der Waals surface area (Å²) >= 11 is 0. The van der Waals surface area contributed by atoms with Crippen LogP contribution in [0.4, 0.5) is 19.0 Å². The average molecular weight is 337 g/mol. The normalized spacial score (nSPS) is 12.5. The van der Waals surface area contributed by atoms with Crippen LogP contribution in [0.2, 0.25) is 0 Å². The van der Waals surface area contributed by atoms with Gasteiger partial charge < -0.3 is 10.6 Å².